The molecule has 1 aliphatic carbocycles. The molecular formula is C24H28N2O4. The standard InChI is InChI=1S/C24H28N2O4/c1-16-22(17(2)30-26-16)15-29-23-13-20-7-4-3-6-19(20)12-21(23)24(27)25-10-5-11-28-14-18-8-9-18/h3-4,6-7,12-13,18H,5,8-11,14-15H2,1-2H3,(H,25,27). The Kier molecular flexibility index (Phi) is 6.33. The van der Waals surface area contributed by atoms with Crippen molar-refractivity contribution >= 4 is 16.7 Å². The molecular weight excluding hydrogens is 380 g/mol. The maximum atomic E-state index is 12.9. The van der Waals surface area contributed by atoms with Crippen molar-refractivity contribution in [2.75, 3.05) is 19.8 Å². The average Bonchev–Trinajstić information content (AvgIpc) is 3.52. The number of benzene rings is 2. The summed E-state index contributed by atoms with van der Waals surface area (Å²) in [6.07, 6.45) is 3.37. The van der Waals surface area contributed by atoms with Gasteiger partial charge in [0.05, 0.1) is 16.8 Å². The molecule has 0 unspecified atom stereocenters. The van der Waals surface area contributed by atoms with Gasteiger partial charge in [-0.25, -0.2) is 0 Å². The van der Waals surface area contributed by atoms with Crippen molar-refractivity contribution < 1.29 is 18.8 Å². The molecule has 0 radical (unpaired) electrons. The van der Waals surface area contributed by atoms with E-state index in [1.54, 1.807) is 0 Å². The summed E-state index contributed by atoms with van der Waals surface area (Å²) in [5.41, 5.74) is 2.23. The summed E-state index contributed by atoms with van der Waals surface area (Å²) in [7, 11) is 0. The van der Waals surface area contributed by atoms with Crippen LogP contribution in [0.2, 0.25) is 0 Å². The number of aromatic nitrogens is 1. The largest absolute Gasteiger partial charge is 0.488 e. The number of hydrogen-bond acceptors (Lipinski definition) is 5. The fourth-order valence-electron chi connectivity index (χ4n) is 3.38. The van der Waals surface area contributed by atoms with Crippen LogP contribution < -0.4 is 10.1 Å². The van der Waals surface area contributed by atoms with Crippen LogP contribution >= 0.6 is 0 Å². The Balaban J connectivity index is 1.44. The number of carbonyl (C=O) groups excluding carboxylic acids is 1. The molecule has 4 rings (SSSR count). The van der Waals surface area contributed by atoms with Crippen molar-refractivity contribution in [1.82, 2.24) is 10.5 Å². The van der Waals surface area contributed by atoms with Gasteiger partial charge in [0, 0.05) is 19.8 Å². The Bertz CT molecular complexity index is 1000. The molecule has 158 valence electrons. The van der Waals surface area contributed by atoms with Crippen LogP contribution in [-0.2, 0) is 11.3 Å². The highest BCUT2D eigenvalue weighted by Gasteiger charge is 2.21. The third-order valence-electron chi connectivity index (χ3n) is 5.45. The van der Waals surface area contributed by atoms with Gasteiger partial charge in [0.1, 0.15) is 18.1 Å². The molecule has 1 heterocycles. The number of amides is 1. The molecule has 1 amide bonds. The van der Waals surface area contributed by atoms with E-state index < -0.39 is 0 Å². The lowest BCUT2D eigenvalue weighted by molar-refractivity contribution is 0.0933. The first kappa shape index (κ1) is 20.4. The Morgan fingerprint density at radius 3 is 2.67 bits per heavy atom. The maximum Gasteiger partial charge on any atom is 0.255 e. The molecule has 0 aliphatic heterocycles. The zero-order valence-corrected chi connectivity index (χ0v) is 17.6. The minimum atomic E-state index is -0.142. The number of aryl methyl sites for hydroxylation is 2. The van der Waals surface area contributed by atoms with Crippen LogP contribution in [0.15, 0.2) is 40.9 Å². The van der Waals surface area contributed by atoms with Crippen molar-refractivity contribution in [3.63, 3.8) is 0 Å². The van der Waals surface area contributed by atoms with Crippen LogP contribution in [0, 0.1) is 19.8 Å². The second-order valence-electron chi connectivity index (χ2n) is 7.91. The molecule has 1 aromatic heterocycles. The highest BCUT2D eigenvalue weighted by molar-refractivity contribution is 6.01. The quantitative estimate of drug-likeness (QED) is 0.498. The first-order valence-corrected chi connectivity index (χ1v) is 10.5. The molecule has 0 atom stereocenters. The number of nitrogens with one attached hydrogen (secondary N) is 1. The van der Waals surface area contributed by atoms with Gasteiger partial charge in [-0.3, -0.25) is 4.79 Å². The highest BCUT2D eigenvalue weighted by atomic mass is 16.5. The second kappa shape index (κ2) is 9.30. The predicted molar refractivity (Wildman–Crippen MR) is 115 cm³/mol. The first-order valence-electron chi connectivity index (χ1n) is 10.5. The molecule has 6 nitrogen and oxygen atoms in total. The molecule has 0 spiro atoms. The molecule has 0 saturated heterocycles. The molecule has 6 heteroatoms. The van der Waals surface area contributed by atoms with Gasteiger partial charge in [0.25, 0.3) is 5.91 Å². The van der Waals surface area contributed by atoms with Gasteiger partial charge < -0.3 is 19.3 Å². The minimum Gasteiger partial charge on any atom is -0.488 e. The molecule has 3 aromatic rings. The van der Waals surface area contributed by atoms with Gasteiger partial charge in [-0.1, -0.05) is 29.4 Å². The van der Waals surface area contributed by atoms with Crippen LogP contribution in [0.4, 0.5) is 0 Å². The van der Waals surface area contributed by atoms with Crippen LogP contribution in [0.5, 0.6) is 5.75 Å². The molecule has 1 N–H and O–H groups in total. The van der Waals surface area contributed by atoms with Gasteiger partial charge in [0.15, 0.2) is 0 Å². The van der Waals surface area contributed by atoms with E-state index in [0.717, 1.165) is 46.7 Å². The van der Waals surface area contributed by atoms with Crippen molar-refractivity contribution in [3.8, 4) is 5.75 Å². The fourth-order valence-corrected chi connectivity index (χ4v) is 3.38. The Labute approximate surface area is 176 Å². The average molecular weight is 408 g/mol. The Hall–Kier alpha value is -2.86. The molecule has 1 saturated carbocycles. The zero-order chi connectivity index (χ0) is 20.9. The van der Waals surface area contributed by atoms with Crippen LogP contribution in [0.3, 0.4) is 0 Å². The zero-order valence-electron chi connectivity index (χ0n) is 17.6. The van der Waals surface area contributed by atoms with E-state index in [2.05, 4.69) is 10.5 Å². The van der Waals surface area contributed by atoms with Gasteiger partial charge in [-0.2, -0.15) is 0 Å². The third-order valence-corrected chi connectivity index (χ3v) is 5.45. The second-order valence-corrected chi connectivity index (χ2v) is 7.91. The van der Waals surface area contributed by atoms with Crippen LogP contribution in [-0.4, -0.2) is 30.8 Å². The molecule has 2 aromatic carbocycles. The topological polar surface area (TPSA) is 73.6 Å². The van der Waals surface area contributed by atoms with E-state index in [1.165, 1.54) is 12.8 Å². The summed E-state index contributed by atoms with van der Waals surface area (Å²) >= 11 is 0. The number of hydrogen-bond donors (Lipinski definition) is 1. The number of rotatable bonds is 10. The van der Waals surface area contributed by atoms with Crippen LogP contribution in [0.1, 0.15) is 46.6 Å². The van der Waals surface area contributed by atoms with Crippen molar-refractivity contribution in [1.29, 1.82) is 0 Å². The summed E-state index contributed by atoms with van der Waals surface area (Å²) in [6, 6.07) is 11.7. The number of ether oxygens (including phenoxy) is 2. The number of nitrogens with zero attached hydrogens (tertiary/aromatic N) is 1. The molecule has 0 bridgehead atoms. The SMILES string of the molecule is Cc1noc(C)c1COc1cc2ccccc2cc1C(=O)NCCCOCC1CC1. The lowest BCUT2D eigenvalue weighted by Gasteiger charge is -2.13. The van der Waals surface area contributed by atoms with Crippen molar-refractivity contribution in [2.24, 2.45) is 5.92 Å². The van der Waals surface area contributed by atoms with Gasteiger partial charge in [0.2, 0.25) is 0 Å². The lowest BCUT2D eigenvalue weighted by Crippen LogP contribution is -2.26. The lowest BCUT2D eigenvalue weighted by atomic mass is 10.1. The summed E-state index contributed by atoms with van der Waals surface area (Å²) < 4.78 is 16.9. The molecule has 30 heavy (non-hydrogen) atoms. The van der Waals surface area contributed by atoms with E-state index in [9.17, 15) is 4.79 Å². The maximum absolute atomic E-state index is 12.9. The van der Waals surface area contributed by atoms with E-state index >= 15 is 0 Å². The fraction of sp³-hybridized carbons (Fsp3) is 0.417. The van der Waals surface area contributed by atoms with Gasteiger partial charge in [-0.05, 0) is 61.9 Å². The third kappa shape index (κ3) is 5.00. The highest BCUT2D eigenvalue weighted by Crippen LogP contribution is 2.29. The monoisotopic (exact) mass is 408 g/mol. The summed E-state index contributed by atoms with van der Waals surface area (Å²) in [5, 5.41) is 8.99. The predicted octanol–water partition coefficient (Wildman–Crippen LogP) is 4.57. The number of carbonyl (C=O) groups is 1. The number of fused-ring (bicyclic) bond motifs is 1. The summed E-state index contributed by atoms with van der Waals surface area (Å²) in [6.45, 7) is 6.13. The van der Waals surface area contributed by atoms with E-state index in [0.29, 0.717) is 31.1 Å². The molecule has 1 aliphatic rings. The minimum absolute atomic E-state index is 0.142. The summed E-state index contributed by atoms with van der Waals surface area (Å²) in [5.74, 6) is 1.90. The van der Waals surface area contributed by atoms with E-state index in [-0.39, 0.29) is 5.91 Å². The first-order chi connectivity index (χ1) is 14.6. The Morgan fingerprint density at radius 2 is 1.97 bits per heavy atom. The van der Waals surface area contributed by atoms with Crippen LogP contribution in [0.25, 0.3) is 10.8 Å². The smallest absolute Gasteiger partial charge is 0.255 e. The molecule has 1 fully saturated rings. The Morgan fingerprint density at radius 1 is 1.20 bits per heavy atom. The summed E-state index contributed by atoms with van der Waals surface area (Å²) in [4.78, 5) is 12.9. The van der Waals surface area contributed by atoms with E-state index in [4.69, 9.17) is 14.0 Å². The van der Waals surface area contributed by atoms with Gasteiger partial charge in [-0.15, -0.1) is 0 Å². The van der Waals surface area contributed by atoms with Crippen molar-refractivity contribution in [2.45, 2.75) is 39.7 Å². The normalized spacial score (nSPS) is 13.5. The van der Waals surface area contributed by atoms with Gasteiger partial charge >= 0.3 is 0 Å². The van der Waals surface area contributed by atoms with E-state index in [1.807, 2.05) is 50.2 Å². The van der Waals surface area contributed by atoms with Crippen molar-refractivity contribution in [3.05, 3.63) is 59.0 Å².